The first-order valence-electron chi connectivity index (χ1n) is 11.0. The molecule has 0 spiro atoms. The van der Waals surface area contributed by atoms with Crippen molar-refractivity contribution >= 4 is 32.6 Å². The van der Waals surface area contributed by atoms with Gasteiger partial charge in [-0.2, -0.15) is 0 Å². The van der Waals surface area contributed by atoms with Crippen molar-refractivity contribution < 1.29 is 18.0 Å². The quantitative estimate of drug-likeness (QED) is 0.561. The molecule has 0 atom stereocenters. The van der Waals surface area contributed by atoms with Crippen LogP contribution in [-0.2, 0) is 14.8 Å². The van der Waals surface area contributed by atoms with Gasteiger partial charge in [0.2, 0.25) is 15.9 Å². The zero-order chi connectivity index (χ0) is 23.3. The van der Waals surface area contributed by atoms with Gasteiger partial charge in [-0.05, 0) is 47.9 Å². The van der Waals surface area contributed by atoms with Crippen LogP contribution in [0.25, 0.3) is 10.8 Å². The molecule has 8 heteroatoms. The number of sulfonamides is 1. The number of hydrogen-bond donors (Lipinski definition) is 2. The van der Waals surface area contributed by atoms with Crippen molar-refractivity contribution in [3.8, 4) is 0 Å². The average Bonchev–Trinajstić information content (AvgIpc) is 2.84. The first-order valence-corrected chi connectivity index (χ1v) is 12.5. The van der Waals surface area contributed by atoms with E-state index in [1.165, 1.54) is 0 Å². The summed E-state index contributed by atoms with van der Waals surface area (Å²) >= 11 is 0. The van der Waals surface area contributed by atoms with Gasteiger partial charge in [0.1, 0.15) is 0 Å². The average molecular weight is 466 g/mol. The second-order valence-electron chi connectivity index (χ2n) is 8.15. The van der Waals surface area contributed by atoms with E-state index in [9.17, 15) is 18.0 Å². The number of rotatable bonds is 7. The summed E-state index contributed by atoms with van der Waals surface area (Å²) in [5.74, 6) is -0.201. The van der Waals surface area contributed by atoms with Gasteiger partial charge in [0.25, 0.3) is 5.91 Å². The Morgan fingerprint density at radius 3 is 2.27 bits per heavy atom. The molecule has 1 fully saturated rings. The number of piperidine rings is 1. The first kappa shape index (κ1) is 22.9. The molecule has 1 saturated heterocycles. The van der Waals surface area contributed by atoms with E-state index in [2.05, 4.69) is 10.0 Å². The van der Waals surface area contributed by atoms with E-state index in [4.69, 9.17) is 0 Å². The SMILES string of the molecule is O=C(NC1CCN(C(=O)CCNS(=O)(=O)c2ccc3ccccc3c2)CC1)c1ccccc1. The van der Waals surface area contributed by atoms with Gasteiger partial charge in [0.05, 0.1) is 4.90 Å². The van der Waals surface area contributed by atoms with Gasteiger partial charge in [-0.15, -0.1) is 0 Å². The maximum atomic E-state index is 12.6. The fraction of sp³-hybridized carbons (Fsp3) is 0.280. The van der Waals surface area contributed by atoms with E-state index in [0.717, 1.165) is 10.8 Å². The lowest BCUT2D eigenvalue weighted by molar-refractivity contribution is -0.132. The molecule has 2 amide bonds. The Balaban J connectivity index is 1.23. The van der Waals surface area contributed by atoms with E-state index in [1.807, 2.05) is 42.5 Å². The maximum absolute atomic E-state index is 12.6. The number of benzene rings is 3. The first-order chi connectivity index (χ1) is 15.9. The number of carbonyl (C=O) groups is 2. The molecular weight excluding hydrogens is 438 g/mol. The van der Waals surface area contributed by atoms with Crippen molar-refractivity contribution in [3.63, 3.8) is 0 Å². The van der Waals surface area contributed by atoms with Crippen LogP contribution < -0.4 is 10.0 Å². The van der Waals surface area contributed by atoms with Crippen LogP contribution in [0.5, 0.6) is 0 Å². The van der Waals surface area contributed by atoms with Gasteiger partial charge in [0.15, 0.2) is 0 Å². The highest BCUT2D eigenvalue weighted by Gasteiger charge is 2.24. The molecule has 0 bridgehead atoms. The Morgan fingerprint density at radius 2 is 1.55 bits per heavy atom. The predicted octanol–water partition coefficient (Wildman–Crippen LogP) is 2.93. The summed E-state index contributed by atoms with van der Waals surface area (Å²) in [6, 6.07) is 21.6. The Bertz CT molecular complexity index is 1240. The lowest BCUT2D eigenvalue weighted by Gasteiger charge is -2.32. The molecule has 4 rings (SSSR count). The third kappa shape index (κ3) is 5.77. The van der Waals surface area contributed by atoms with Gasteiger partial charge in [-0.1, -0.05) is 48.5 Å². The van der Waals surface area contributed by atoms with Gasteiger partial charge < -0.3 is 10.2 Å². The van der Waals surface area contributed by atoms with Crippen LogP contribution in [0.15, 0.2) is 77.7 Å². The van der Waals surface area contributed by atoms with Crippen molar-refractivity contribution in [1.82, 2.24) is 14.9 Å². The number of nitrogens with zero attached hydrogens (tertiary/aromatic N) is 1. The highest BCUT2D eigenvalue weighted by molar-refractivity contribution is 7.89. The van der Waals surface area contributed by atoms with E-state index in [1.54, 1.807) is 35.2 Å². The van der Waals surface area contributed by atoms with Crippen LogP contribution in [0.4, 0.5) is 0 Å². The molecule has 1 aliphatic rings. The molecule has 0 unspecified atom stereocenters. The molecule has 1 heterocycles. The second kappa shape index (κ2) is 10.1. The van der Waals surface area contributed by atoms with E-state index < -0.39 is 10.0 Å². The summed E-state index contributed by atoms with van der Waals surface area (Å²) in [6.45, 7) is 1.12. The molecular formula is C25H27N3O4S. The number of hydrogen-bond acceptors (Lipinski definition) is 4. The lowest BCUT2D eigenvalue weighted by Crippen LogP contribution is -2.47. The van der Waals surface area contributed by atoms with E-state index in [0.29, 0.717) is 31.5 Å². The molecule has 3 aromatic rings. The Labute approximate surface area is 193 Å². The van der Waals surface area contributed by atoms with Gasteiger partial charge in [-0.3, -0.25) is 9.59 Å². The third-order valence-corrected chi connectivity index (χ3v) is 7.34. The molecule has 172 valence electrons. The lowest BCUT2D eigenvalue weighted by atomic mass is 10.0. The minimum absolute atomic E-state index is 0.0214. The van der Waals surface area contributed by atoms with Crippen LogP contribution in [0.3, 0.4) is 0 Å². The standard InChI is InChI=1S/C25H27N3O4S/c29-24(28-16-13-22(14-17-28)27-25(30)20-7-2-1-3-8-20)12-15-26-33(31,32)23-11-10-19-6-4-5-9-21(19)18-23/h1-11,18,22,26H,12-17H2,(H,27,30). The molecule has 1 aliphatic heterocycles. The maximum Gasteiger partial charge on any atom is 0.251 e. The third-order valence-electron chi connectivity index (χ3n) is 5.88. The number of carbonyl (C=O) groups excluding carboxylic acids is 2. The smallest absolute Gasteiger partial charge is 0.251 e. The van der Waals surface area contributed by atoms with Crippen molar-refractivity contribution in [3.05, 3.63) is 78.4 Å². The zero-order valence-electron chi connectivity index (χ0n) is 18.2. The fourth-order valence-corrected chi connectivity index (χ4v) is 5.07. The molecule has 0 radical (unpaired) electrons. The van der Waals surface area contributed by atoms with Crippen LogP contribution in [0, 0.1) is 0 Å². The highest BCUT2D eigenvalue weighted by Crippen LogP contribution is 2.19. The van der Waals surface area contributed by atoms with Crippen LogP contribution in [0.1, 0.15) is 29.6 Å². The second-order valence-corrected chi connectivity index (χ2v) is 9.92. The minimum atomic E-state index is -3.69. The molecule has 0 aromatic heterocycles. The largest absolute Gasteiger partial charge is 0.349 e. The Kier molecular flexibility index (Phi) is 7.05. The minimum Gasteiger partial charge on any atom is -0.349 e. The normalized spacial score (nSPS) is 14.8. The summed E-state index contributed by atoms with van der Waals surface area (Å²) in [6.07, 6.45) is 1.44. The summed E-state index contributed by atoms with van der Waals surface area (Å²) in [4.78, 5) is 26.8. The highest BCUT2D eigenvalue weighted by atomic mass is 32.2. The number of fused-ring (bicyclic) bond motifs is 1. The topological polar surface area (TPSA) is 95.6 Å². The number of nitrogens with one attached hydrogen (secondary N) is 2. The predicted molar refractivity (Wildman–Crippen MR) is 127 cm³/mol. The summed E-state index contributed by atoms with van der Waals surface area (Å²) in [5, 5.41) is 4.83. The van der Waals surface area contributed by atoms with Crippen LogP contribution in [-0.4, -0.2) is 50.8 Å². The molecule has 0 saturated carbocycles. The molecule has 2 N–H and O–H groups in total. The van der Waals surface area contributed by atoms with E-state index >= 15 is 0 Å². The summed E-state index contributed by atoms with van der Waals surface area (Å²) in [7, 11) is -3.69. The number of likely N-dealkylation sites (tertiary alicyclic amines) is 1. The van der Waals surface area contributed by atoms with E-state index in [-0.39, 0.29) is 35.7 Å². The summed E-state index contributed by atoms with van der Waals surface area (Å²) < 4.78 is 27.8. The van der Waals surface area contributed by atoms with Crippen molar-refractivity contribution in [1.29, 1.82) is 0 Å². The monoisotopic (exact) mass is 465 g/mol. The van der Waals surface area contributed by atoms with Crippen molar-refractivity contribution in [2.75, 3.05) is 19.6 Å². The van der Waals surface area contributed by atoms with Gasteiger partial charge in [0, 0.05) is 37.7 Å². The van der Waals surface area contributed by atoms with Gasteiger partial charge in [-0.25, -0.2) is 13.1 Å². The summed E-state index contributed by atoms with van der Waals surface area (Å²) in [5.41, 5.74) is 0.620. The molecule has 33 heavy (non-hydrogen) atoms. The molecule has 3 aromatic carbocycles. The Hall–Kier alpha value is -3.23. The zero-order valence-corrected chi connectivity index (χ0v) is 19.1. The van der Waals surface area contributed by atoms with Crippen LogP contribution >= 0.6 is 0 Å². The van der Waals surface area contributed by atoms with Crippen LogP contribution in [0.2, 0.25) is 0 Å². The van der Waals surface area contributed by atoms with Gasteiger partial charge >= 0.3 is 0 Å². The fourth-order valence-electron chi connectivity index (χ4n) is 4.00. The van der Waals surface area contributed by atoms with Crippen molar-refractivity contribution in [2.24, 2.45) is 0 Å². The molecule has 7 nitrogen and oxygen atoms in total. The molecule has 0 aliphatic carbocycles. The van der Waals surface area contributed by atoms with Crippen molar-refractivity contribution in [2.45, 2.75) is 30.2 Å². The number of amides is 2. The Morgan fingerprint density at radius 1 is 0.879 bits per heavy atom.